The van der Waals surface area contributed by atoms with Crippen LogP contribution in [0.25, 0.3) is 10.9 Å². The Balaban J connectivity index is 2.50. The number of alkyl halides is 3. The SMILES string of the molecule is CCn1c(CC(C)NC)cc2cc(C(F)(F)F)ccc21. The molecule has 2 nitrogen and oxygen atoms in total. The van der Waals surface area contributed by atoms with Crippen LogP contribution >= 0.6 is 0 Å². The topological polar surface area (TPSA) is 17.0 Å². The summed E-state index contributed by atoms with van der Waals surface area (Å²) in [5.74, 6) is 0. The van der Waals surface area contributed by atoms with Crippen molar-refractivity contribution in [3.8, 4) is 0 Å². The van der Waals surface area contributed by atoms with Gasteiger partial charge >= 0.3 is 6.18 Å². The van der Waals surface area contributed by atoms with Crippen LogP contribution in [0, 0.1) is 0 Å². The van der Waals surface area contributed by atoms with E-state index >= 15 is 0 Å². The molecule has 0 radical (unpaired) electrons. The Morgan fingerprint density at radius 3 is 2.50 bits per heavy atom. The largest absolute Gasteiger partial charge is 0.416 e. The number of nitrogens with one attached hydrogen (secondary N) is 1. The van der Waals surface area contributed by atoms with Crippen LogP contribution in [-0.2, 0) is 19.1 Å². The van der Waals surface area contributed by atoms with Gasteiger partial charge in [0.25, 0.3) is 0 Å². The Morgan fingerprint density at radius 1 is 1.25 bits per heavy atom. The predicted molar refractivity (Wildman–Crippen MR) is 74.8 cm³/mol. The molecular weight excluding hydrogens is 265 g/mol. The lowest BCUT2D eigenvalue weighted by Crippen LogP contribution is -2.24. The van der Waals surface area contributed by atoms with Gasteiger partial charge in [-0.15, -0.1) is 0 Å². The summed E-state index contributed by atoms with van der Waals surface area (Å²) in [6.45, 7) is 4.81. The van der Waals surface area contributed by atoms with Crippen molar-refractivity contribution in [2.24, 2.45) is 0 Å². The quantitative estimate of drug-likeness (QED) is 0.903. The molecule has 1 N–H and O–H groups in total. The molecule has 0 spiro atoms. The van der Waals surface area contributed by atoms with Crippen LogP contribution < -0.4 is 5.32 Å². The van der Waals surface area contributed by atoms with Gasteiger partial charge in [0.15, 0.2) is 0 Å². The second-order valence-corrected chi connectivity index (χ2v) is 5.05. The van der Waals surface area contributed by atoms with E-state index in [1.807, 2.05) is 20.0 Å². The van der Waals surface area contributed by atoms with Crippen molar-refractivity contribution in [3.05, 3.63) is 35.5 Å². The van der Waals surface area contributed by atoms with E-state index in [9.17, 15) is 13.2 Å². The molecule has 0 aliphatic rings. The first kappa shape index (κ1) is 14.9. The van der Waals surface area contributed by atoms with Crippen LogP contribution in [0.2, 0.25) is 0 Å². The minimum absolute atomic E-state index is 0.284. The van der Waals surface area contributed by atoms with Crippen molar-refractivity contribution in [2.45, 2.75) is 39.0 Å². The van der Waals surface area contributed by atoms with Gasteiger partial charge in [0.05, 0.1) is 5.56 Å². The molecule has 0 saturated heterocycles. The summed E-state index contributed by atoms with van der Waals surface area (Å²) in [6, 6.07) is 6.10. The van der Waals surface area contributed by atoms with Gasteiger partial charge in [-0.1, -0.05) is 0 Å². The zero-order chi connectivity index (χ0) is 14.9. The summed E-state index contributed by atoms with van der Waals surface area (Å²) in [6.07, 6.45) is -3.50. The van der Waals surface area contributed by atoms with Crippen molar-refractivity contribution in [1.29, 1.82) is 0 Å². The third-order valence-corrected chi connectivity index (χ3v) is 3.64. The highest BCUT2D eigenvalue weighted by Crippen LogP contribution is 2.32. The summed E-state index contributed by atoms with van der Waals surface area (Å²) in [5, 5.41) is 3.80. The highest BCUT2D eigenvalue weighted by atomic mass is 19.4. The van der Waals surface area contributed by atoms with E-state index in [2.05, 4.69) is 16.8 Å². The second-order valence-electron chi connectivity index (χ2n) is 5.05. The predicted octanol–water partition coefficient (Wildman–Crippen LogP) is 3.83. The van der Waals surface area contributed by atoms with E-state index in [0.717, 1.165) is 30.2 Å². The van der Waals surface area contributed by atoms with E-state index in [-0.39, 0.29) is 6.04 Å². The number of rotatable bonds is 4. The molecule has 1 heterocycles. The summed E-state index contributed by atoms with van der Waals surface area (Å²) in [7, 11) is 1.88. The van der Waals surface area contributed by atoms with Crippen LogP contribution in [0.4, 0.5) is 13.2 Å². The number of hydrogen-bond donors (Lipinski definition) is 1. The zero-order valence-electron chi connectivity index (χ0n) is 11.9. The number of nitrogens with zero attached hydrogens (tertiary/aromatic N) is 1. The van der Waals surface area contributed by atoms with Crippen molar-refractivity contribution < 1.29 is 13.2 Å². The molecule has 0 aliphatic heterocycles. The lowest BCUT2D eigenvalue weighted by molar-refractivity contribution is -0.137. The van der Waals surface area contributed by atoms with Crippen molar-refractivity contribution in [2.75, 3.05) is 7.05 Å². The summed E-state index contributed by atoms with van der Waals surface area (Å²) < 4.78 is 40.3. The number of aryl methyl sites for hydroxylation is 1. The molecule has 0 aliphatic carbocycles. The third-order valence-electron chi connectivity index (χ3n) is 3.64. The molecule has 5 heteroatoms. The number of halogens is 3. The maximum Gasteiger partial charge on any atom is 0.416 e. The van der Waals surface area contributed by atoms with E-state index in [1.165, 1.54) is 6.07 Å². The third kappa shape index (κ3) is 2.82. The Hall–Kier alpha value is -1.49. The van der Waals surface area contributed by atoms with Gasteiger partial charge in [0.1, 0.15) is 0 Å². The second kappa shape index (κ2) is 5.48. The van der Waals surface area contributed by atoms with Gasteiger partial charge in [-0.3, -0.25) is 0 Å². The van der Waals surface area contributed by atoms with Crippen LogP contribution in [-0.4, -0.2) is 17.7 Å². The Morgan fingerprint density at radius 2 is 1.95 bits per heavy atom. The van der Waals surface area contributed by atoms with Crippen molar-refractivity contribution >= 4 is 10.9 Å². The monoisotopic (exact) mass is 284 g/mol. The van der Waals surface area contributed by atoms with Crippen LogP contribution in [0.5, 0.6) is 0 Å². The molecule has 2 aromatic rings. The molecule has 0 amide bonds. The molecule has 0 fully saturated rings. The van der Waals surface area contributed by atoms with Gasteiger partial charge < -0.3 is 9.88 Å². The lowest BCUT2D eigenvalue weighted by atomic mass is 10.1. The lowest BCUT2D eigenvalue weighted by Gasteiger charge is -2.13. The van der Waals surface area contributed by atoms with Crippen molar-refractivity contribution in [1.82, 2.24) is 9.88 Å². The molecule has 110 valence electrons. The highest BCUT2D eigenvalue weighted by molar-refractivity contribution is 5.82. The maximum atomic E-state index is 12.8. The van der Waals surface area contributed by atoms with Gasteiger partial charge in [0, 0.05) is 35.6 Å². The van der Waals surface area contributed by atoms with E-state index in [0.29, 0.717) is 5.39 Å². The zero-order valence-corrected chi connectivity index (χ0v) is 11.9. The summed E-state index contributed by atoms with van der Waals surface area (Å²) in [4.78, 5) is 0. The smallest absolute Gasteiger partial charge is 0.345 e. The van der Waals surface area contributed by atoms with Crippen LogP contribution in [0.15, 0.2) is 24.3 Å². The molecule has 1 unspecified atom stereocenters. The average Bonchev–Trinajstić information content (AvgIpc) is 2.73. The van der Waals surface area contributed by atoms with Crippen LogP contribution in [0.1, 0.15) is 25.1 Å². The van der Waals surface area contributed by atoms with Gasteiger partial charge in [-0.2, -0.15) is 13.2 Å². The molecule has 1 aromatic heterocycles. The van der Waals surface area contributed by atoms with Gasteiger partial charge in [-0.25, -0.2) is 0 Å². The molecule has 20 heavy (non-hydrogen) atoms. The van der Waals surface area contributed by atoms with E-state index in [4.69, 9.17) is 0 Å². The fraction of sp³-hybridized carbons (Fsp3) is 0.467. The minimum Gasteiger partial charge on any atom is -0.345 e. The average molecular weight is 284 g/mol. The molecule has 0 bridgehead atoms. The van der Waals surface area contributed by atoms with E-state index < -0.39 is 11.7 Å². The first-order valence-electron chi connectivity index (χ1n) is 6.73. The molecule has 0 saturated carbocycles. The van der Waals surface area contributed by atoms with Crippen molar-refractivity contribution in [3.63, 3.8) is 0 Å². The fourth-order valence-corrected chi connectivity index (χ4v) is 2.46. The van der Waals surface area contributed by atoms with Crippen LogP contribution in [0.3, 0.4) is 0 Å². The van der Waals surface area contributed by atoms with Gasteiger partial charge in [0.2, 0.25) is 0 Å². The number of hydrogen-bond acceptors (Lipinski definition) is 1. The normalized spacial score (nSPS) is 13.9. The van der Waals surface area contributed by atoms with Gasteiger partial charge in [-0.05, 0) is 45.2 Å². The first-order valence-corrected chi connectivity index (χ1v) is 6.73. The number of benzene rings is 1. The number of aromatic nitrogens is 1. The Bertz CT molecular complexity index is 599. The molecule has 2 rings (SSSR count). The fourth-order valence-electron chi connectivity index (χ4n) is 2.46. The minimum atomic E-state index is -4.29. The standard InChI is InChI=1S/C15H19F3N2/c1-4-20-13(7-10(2)19-3)9-11-8-12(15(16,17)18)5-6-14(11)20/h5-6,8-10,19H,4,7H2,1-3H3. The first-order chi connectivity index (χ1) is 9.36. The van der Waals surface area contributed by atoms with E-state index in [1.54, 1.807) is 6.07 Å². The highest BCUT2D eigenvalue weighted by Gasteiger charge is 2.30. The summed E-state index contributed by atoms with van der Waals surface area (Å²) >= 11 is 0. The maximum absolute atomic E-state index is 12.8. The molecular formula is C15H19F3N2. The molecule has 1 atom stereocenters. The number of fused-ring (bicyclic) bond motifs is 1. The Kier molecular flexibility index (Phi) is 4.09. The number of likely N-dealkylation sites (N-methyl/N-ethyl adjacent to an activating group) is 1. The Labute approximate surface area is 116 Å². The summed E-state index contributed by atoms with van der Waals surface area (Å²) in [5.41, 5.74) is 1.33. The molecule has 1 aromatic carbocycles.